The van der Waals surface area contributed by atoms with E-state index in [0.717, 1.165) is 25.3 Å². The van der Waals surface area contributed by atoms with E-state index >= 15 is 0 Å². The van der Waals surface area contributed by atoms with Gasteiger partial charge in [-0.05, 0) is 36.9 Å². The van der Waals surface area contributed by atoms with Crippen molar-refractivity contribution in [2.45, 2.75) is 39.0 Å². The molecule has 0 bridgehead atoms. The lowest BCUT2D eigenvalue weighted by atomic mass is 9.94. The number of Topliss-reactive ketones (excluding diaryl/α,β-unsaturated/α-hetero) is 1. The predicted octanol–water partition coefficient (Wildman–Crippen LogP) is 3.23. The Bertz CT molecular complexity index is 421. The summed E-state index contributed by atoms with van der Waals surface area (Å²) in [5.74, 6) is -0.835. The third-order valence-corrected chi connectivity index (χ3v) is 3.39. The van der Waals surface area contributed by atoms with Gasteiger partial charge >= 0.3 is 0 Å². The Morgan fingerprint density at radius 1 is 1.32 bits per heavy atom. The van der Waals surface area contributed by atoms with Crippen LogP contribution in [0.3, 0.4) is 0 Å². The van der Waals surface area contributed by atoms with Gasteiger partial charge in [-0.25, -0.2) is 8.78 Å². The normalized spacial score (nSPS) is 12.4. The molecule has 0 saturated carbocycles. The Kier molecular flexibility index (Phi) is 6.64. The summed E-state index contributed by atoms with van der Waals surface area (Å²) in [5, 5.41) is 0. The van der Waals surface area contributed by atoms with Crippen molar-refractivity contribution >= 4 is 5.78 Å². The standard InChI is InChI=1S/C15H21F2NO/c1-2-11(7-8-18)3-6-14(19)9-12-4-5-13(16)10-15(12)17/h4-5,10-11H,2-3,6-9,18H2,1H3. The average molecular weight is 269 g/mol. The monoisotopic (exact) mass is 269 g/mol. The number of carbonyl (C=O) groups is 1. The molecule has 1 aromatic carbocycles. The van der Waals surface area contributed by atoms with Crippen LogP contribution >= 0.6 is 0 Å². The molecular formula is C15H21F2NO. The van der Waals surface area contributed by atoms with Gasteiger partial charge in [-0.3, -0.25) is 4.79 Å². The Labute approximate surface area is 113 Å². The quantitative estimate of drug-likeness (QED) is 0.787. The first-order valence-electron chi connectivity index (χ1n) is 6.72. The number of hydrogen-bond acceptors (Lipinski definition) is 2. The zero-order valence-corrected chi connectivity index (χ0v) is 11.3. The first-order valence-corrected chi connectivity index (χ1v) is 6.72. The summed E-state index contributed by atoms with van der Waals surface area (Å²) < 4.78 is 26.1. The summed E-state index contributed by atoms with van der Waals surface area (Å²) in [5.41, 5.74) is 5.76. The zero-order valence-electron chi connectivity index (χ0n) is 11.3. The molecule has 0 radical (unpaired) electrons. The molecule has 1 aromatic rings. The van der Waals surface area contributed by atoms with E-state index in [1.165, 1.54) is 12.1 Å². The largest absolute Gasteiger partial charge is 0.330 e. The molecular weight excluding hydrogens is 248 g/mol. The van der Waals surface area contributed by atoms with E-state index in [1.54, 1.807) is 0 Å². The van der Waals surface area contributed by atoms with Crippen LogP contribution in [-0.2, 0) is 11.2 Å². The highest BCUT2D eigenvalue weighted by atomic mass is 19.1. The molecule has 1 unspecified atom stereocenters. The third kappa shape index (κ3) is 5.47. The molecule has 106 valence electrons. The Morgan fingerprint density at radius 2 is 2.05 bits per heavy atom. The molecule has 0 spiro atoms. The van der Waals surface area contributed by atoms with Crippen molar-refractivity contribution in [2.24, 2.45) is 11.7 Å². The van der Waals surface area contributed by atoms with Crippen molar-refractivity contribution < 1.29 is 13.6 Å². The third-order valence-electron chi connectivity index (χ3n) is 3.39. The van der Waals surface area contributed by atoms with Gasteiger partial charge in [0.05, 0.1) is 0 Å². The summed E-state index contributed by atoms with van der Waals surface area (Å²) in [6.45, 7) is 2.70. The van der Waals surface area contributed by atoms with E-state index in [1.807, 2.05) is 0 Å². The van der Waals surface area contributed by atoms with Gasteiger partial charge in [-0.1, -0.05) is 19.4 Å². The number of carbonyl (C=O) groups excluding carboxylic acids is 1. The lowest BCUT2D eigenvalue weighted by Gasteiger charge is -2.12. The number of nitrogens with two attached hydrogens (primary N) is 1. The topological polar surface area (TPSA) is 43.1 Å². The van der Waals surface area contributed by atoms with Crippen LogP contribution in [-0.4, -0.2) is 12.3 Å². The predicted molar refractivity (Wildman–Crippen MR) is 71.8 cm³/mol. The van der Waals surface area contributed by atoms with E-state index in [2.05, 4.69) is 6.92 Å². The molecule has 4 heteroatoms. The molecule has 2 nitrogen and oxygen atoms in total. The number of benzene rings is 1. The van der Waals surface area contributed by atoms with Crippen molar-refractivity contribution in [3.8, 4) is 0 Å². The summed E-state index contributed by atoms with van der Waals surface area (Å²) in [7, 11) is 0. The van der Waals surface area contributed by atoms with Gasteiger partial charge in [-0.15, -0.1) is 0 Å². The van der Waals surface area contributed by atoms with Crippen molar-refractivity contribution in [3.05, 3.63) is 35.4 Å². The van der Waals surface area contributed by atoms with Gasteiger partial charge < -0.3 is 5.73 Å². The van der Waals surface area contributed by atoms with Gasteiger partial charge in [-0.2, -0.15) is 0 Å². The second kappa shape index (κ2) is 8.00. The molecule has 19 heavy (non-hydrogen) atoms. The van der Waals surface area contributed by atoms with Crippen LogP contribution in [0.2, 0.25) is 0 Å². The summed E-state index contributed by atoms with van der Waals surface area (Å²) in [6.07, 6.45) is 3.15. The minimum atomic E-state index is -0.651. The highest BCUT2D eigenvalue weighted by molar-refractivity contribution is 5.80. The fourth-order valence-electron chi connectivity index (χ4n) is 2.12. The molecule has 0 fully saturated rings. The van der Waals surface area contributed by atoms with Crippen molar-refractivity contribution in [2.75, 3.05) is 6.54 Å². The molecule has 1 atom stereocenters. The number of hydrogen-bond donors (Lipinski definition) is 1. The SMILES string of the molecule is CCC(CCN)CCC(=O)Cc1ccc(F)cc1F. The van der Waals surface area contributed by atoms with Gasteiger partial charge in [0.2, 0.25) is 0 Å². The molecule has 0 saturated heterocycles. The fraction of sp³-hybridized carbons (Fsp3) is 0.533. The number of rotatable bonds is 8. The highest BCUT2D eigenvalue weighted by Crippen LogP contribution is 2.17. The summed E-state index contributed by atoms with van der Waals surface area (Å²) in [4.78, 5) is 11.8. The summed E-state index contributed by atoms with van der Waals surface area (Å²) >= 11 is 0. The maximum Gasteiger partial charge on any atom is 0.137 e. The van der Waals surface area contributed by atoms with Gasteiger partial charge in [0, 0.05) is 18.9 Å². The van der Waals surface area contributed by atoms with Crippen LogP contribution in [0.1, 0.15) is 38.2 Å². The minimum absolute atomic E-state index is 0.0130. The Morgan fingerprint density at radius 3 is 2.63 bits per heavy atom. The molecule has 0 aliphatic heterocycles. The lowest BCUT2D eigenvalue weighted by Crippen LogP contribution is -2.11. The lowest BCUT2D eigenvalue weighted by molar-refractivity contribution is -0.118. The van der Waals surface area contributed by atoms with E-state index in [9.17, 15) is 13.6 Å². The Balaban J connectivity index is 2.46. The smallest absolute Gasteiger partial charge is 0.137 e. The van der Waals surface area contributed by atoms with Crippen LogP contribution in [0.5, 0.6) is 0 Å². The number of halogens is 2. The van der Waals surface area contributed by atoms with Crippen molar-refractivity contribution in [3.63, 3.8) is 0 Å². The zero-order chi connectivity index (χ0) is 14.3. The van der Waals surface area contributed by atoms with E-state index in [-0.39, 0.29) is 17.8 Å². The van der Waals surface area contributed by atoms with Crippen molar-refractivity contribution in [1.82, 2.24) is 0 Å². The van der Waals surface area contributed by atoms with Gasteiger partial charge in [0.1, 0.15) is 17.4 Å². The van der Waals surface area contributed by atoms with E-state index < -0.39 is 11.6 Å². The Hall–Kier alpha value is -1.29. The highest BCUT2D eigenvalue weighted by Gasteiger charge is 2.12. The van der Waals surface area contributed by atoms with Crippen molar-refractivity contribution in [1.29, 1.82) is 0 Å². The first-order chi connectivity index (χ1) is 9.06. The fourth-order valence-corrected chi connectivity index (χ4v) is 2.12. The van der Waals surface area contributed by atoms with E-state index in [0.29, 0.717) is 18.9 Å². The van der Waals surface area contributed by atoms with Gasteiger partial charge in [0.15, 0.2) is 0 Å². The van der Waals surface area contributed by atoms with E-state index in [4.69, 9.17) is 5.73 Å². The maximum atomic E-state index is 13.4. The molecule has 0 aliphatic rings. The molecule has 2 N–H and O–H groups in total. The molecule has 1 rings (SSSR count). The van der Waals surface area contributed by atoms with Gasteiger partial charge in [0.25, 0.3) is 0 Å². The minimum Gasteiger partial charge on any atom is -0.330 e. The maximum absolute atomic E-state index is 13.4. The second-order valence-electron chi connectivity index (χ2n) is 4.84. The van der Waals surface area contributed by atoms with Crippen LogP contribution in [0, 0.1) is 17.6 Å². The van der Waals surface area contributed by atoms with Crippen LogP contribution in [0.4, 0.5) is 8.78 Å². The van der Waals surface area contributed by atoms with Crippen LogP contribution < -0.4 is 5.73 Å². The summed E-state index contributed by atoms with van der Waals surface area (Å²) in [6, 6.07) is 3.32. The second-order valence-corrected chi connectivity index (χ2v) is 4.84. The van der Waals surface area contributed by atoms with Crippen LogP contribution in [0.25, 0.3) is 0 Å². The molecule has 0 aromatic heterocycles. The molecule has 0 amide bonds. The average Bonchev–Trinajstić information content (AvgIpc) is 2.38. The van der Waals surface area contributed by atoms with Crippen LogP contribution in [0.15, 0.2) is 18.2 Å². The first kappa shape index (κ1) is 15.8. The number of ketones is 1. The molecule has 0 aliphatic carbocycles. The molecule has 0 heterocycles.